The SMILES string of the molecule is C[n+]1ccccc1.[I-].[MgH2]. The van der Waals surface area contributed by atoms with Crippen molar-refractivity contribution in [3.63, 3.8) is 0 Å². The van der Waals surface area contributed by atoms with Crippen molar-refractivity contribution < 1.29 is 28.5 Å². The van der Waals surface area contributed by atoms with Crippen LogP contribution in [-0.4, -0.2) is 23.1 Å². The second-order valence-corrected chi connectivity index (χ2v) is 1.54. The smallest absolute Gasteiger partial charge is 0.316 e. The highest BCUT2D eigenvalue weighted by Gasteiger charge is 1.78. The van der Waals surface area contributed by atoms with Crippen LogP contribution in [0.15, 0.2) is 30.6 Å². The van der Waals surface area contributed by atoms with E-state index in [-0.39, 0.29) is 47.0 Å². The molecule has 0 saturated carbocycles. The molecule has 0 aliphatic heterocycles. The summed E-state index contributed by atoms with van der Waals surface area (Å²) in [7, 11) is 2.00. The molecule has 0 saturated heterocycles. The zero-order valence-electron chi connectivity index (χ0n) is 4.71. The quantitative estimate of drug-likeness (QED) is 0.256. The molecule has 0 spiro atoms. The Kier molecular flexibility index (Phi) is 9.27. The molecule has 0 aliphatic carbocycles. The maximum atomic E-state index is 2.00. The van der Waals surface area contributed by atoms with Gasteiger partial charge >= 0.3 is 23.1 Å². The number of aromatic nitrogens is 1. The van der Waals surface area contributed by atoms with E-state index in [4.69, 9.17) is 0 Å². The first-order chi connectivity index (χ1) is 3.39. The molecule has 0 aromatic carbocycles. The van der Waals surface area contributed by atoms with Crippen LogP contribution >= 0.6 is 0 Å². The molecule has 0 radical (unpaired) electrons. The predicted octanol–water partition coefficient (Wildman–Crippen LogP) is -3.40. The number of aryl methyl sites for hydroxylation is 1. The normalized spacial score (nSPS) is 6.78. The van der Waals surface area contributed by atoms with Crippen LogP contribution in [-0.2, 0) is 7.05 Å². The van der Waals surface area contributed by atoms with Crippen LogP contribution in [0.25, 0.3) is 0 Å². The van der Waals surface area contributed by atoms with E-state index in [1.54, 1.807) is 0 Å². The Labute approximate surface area is 88.6 Å². The first kappa shape index (κ1) is 12.3. The van der Waals surface area contributed by atoms with Crippen molar-refractivity contribution >= 4 is 23.1 Å². The first-order valence-corrected chi connectivity index (χ1v) is 2.30. The Balaban J connectivity index is 0. The maximum absolute atomic E-state index is 2.00. The Morgan fingerprint density at radius 3 is 1.67 bits per heavy atom. The van der Waals surface area contributed by atoms with Crippen LogP contribution < -0.4 is 28.5 Å². The minimum atomic E-state index is 0. The average molecular weight is 247 g/mol. The van der Waals surface area contributed by atoms with Crippen molar-refractivity contribution in [2.75, 3.05) is 0 Å². The maximum Gasteiger partial charge on any atom is 0.316 e. The summed E-state index contributed by atoms with van der Waals surface area (Å²) in [6, 6.07) is 6.00. The van der Waals surface area contributed by atoms with Gasteiger partial charge in [-0.25, -0.2) is 4.57 Å². The highest BCUT2D eigenvalue weighted by Crippen LogP contribution is 1.71. The summed E-state index contributed by atoms with van der Waals surface area (Å²) < 4.78 is 2.00. The van der Waals surface area contributed by atoms with Crippen molar-refractivity contribution in [3.05, 3.63) is 30.6 Å². The standard InChI is InChI=1S/C6H8N.HI.Mg.2H/c1-7-5-3-2-4-6-7;;;;/h2-6H,1H3;1H;;;/q+1;;;;/p-1. The molecule has 3 heteroatoms. The number of pyridine rings is 1. The van der Waals surface area contributed by atoms with Crippen molar-refractivity contribution in [1.82, 2.24) is 0 Å². The lowest BCUT2D eigenvalue weighted by Gasteiger charge is -1.77. The molecule has 1 aromatic heterocycles. The molecule has 9 heavy (non-hydrogen) atoms. The van der Waals surface area contributed by atoms with Crippen LogP contribution in [0, 0.1) is 0 Å². The zero-order valence-corrected chi connectivity index (χ0v) is 6.87. The Hall–Kier alpha value is 0.646. The van der Waals surface area contributed by atoms with Gasteiger partial charge < -0.3 is 24.0 Å². The number of hydrogen-bond acceptors (Lipinski definition) is 0. The lowest BCUT2D eigenvalue weighted by molar-refractivity contribution is -0.671. The van der Waals surface area contributed by atoms with Gasteiger partial charge in [0.05, 0.1) is 0 Å². The summed E-state index contributed by atoms with van der Waals surface area (Å²) in [4.78, 5) is 0. The fourth-order valence-corrected chi connectivity index (χ4v) is 0.485. The molecule has 0 fully saturated rings. The number of hydrogen-bond donors (Lipinski definition) is 0. The van der Waals surface area contributed by atoms with Gasteiger partial charge in [0, 0.05) is 12.1 Å². The molecule has 1 aromatic rings. The largest absolute Gasteiger partial charge is 1.00 e. The summed E-state index contributed by atoms with van der Waals surface area (Å²) in [5.41, 5.74) is 0. The van der Waals surface area contributed by atoms with Crippen LogP contribution in [0.4, 0.5) is 0 Å². The van der Waals surface area contributed by atoms with E-state index < -0.39 is 0 Å². The number of halogens is 1. The lowest BCUT2D eigenvalue weighted by Crippen LogP contribution is -3.00. The summed E-state index contributed by atoms with van der Waals surface area (Å²) >= 11 is 0. The molecule has 48 valence electrons. The van der Waals surface area contributed by atoms with Crippen molar-refractivity contribution in [2.24, 2.45) is 7.05 Å². The van der Waals surface area contributed by atoms with Crippen molar-refractivity contribution in [3.8, 4) is 0 Å². The van der Waals surface area contributed by atoms with E-state index in [1.807, 2.05) is 42.2 Å². The van der Waals surface area contributed by atoms with Crippen LogP contribution in [0.3, 0.4) is 0 Å². The average Bonchev–Trinajstić information content (AvgIpc) is 1.69. The Morgan fingerprint density at radius 2 is 1.44 bits per heavy atom. The summed E-state index contributed by atoms with van der Waals surface area (Å²) in [6.07, 6.45) is 4.00. The zero-order chi connectivity index (χ0) is 5.11. The second-order valence-electron chi connectivity index (χ2n) is 1.54. The summed E-state index contributed by atoms with van der Waals surface area (Å²) in [5.74, 6) is 0. The van der Waals surface area contributed by atoms with Gasteiger partial charge in [-0.15, -0.1) is 0 Å². The topological polar surface area (TPSA) is 3.88 Å². The molecule has 0 N–H and O–H groups in total. The number of nitrogens with zero attached hydrogens (tertiary/aromatic N) is 1. The fourth-order valence-electron chi connectivity index (χ4n) is 0.485. The van der Waals surface area contributed by atoms with Gasteiger partial charge in [0.15, 0.2) is 12.4 Å². The minimum Gasteiger partial charge on any atom is -1.00 e. The van der Waals surface area contributed by atoms with Gasteiger partial charge in [-0.05, 0) is 0 Å². The molecular formula is C6H10IMgN. The van der Waals surface area contributed by atoms with Crippen LogP contribution in [0.2, 0.25) is 0 Å². The first-order valence-electron chi connectivity index (χ1n) is 2.30. The molecule has 1 nitrogen and oxygen atoms in total. The van der Waals surface area contributed by atoms with E-state index in [2.05, 4.69) is 0 Å². The Bertz CT molecular complexity index is 143. The van der Waals surface area contributed by atoms with E-state index in [0.29, 0.717) is 0 Å². The summed E-state index contributed by atoms with van der Waals surface area (Å²) in [6.45, 7) is 0. The predicted molar refractivity (Wildman–Crippen MR) is 36.2 cm³/mol. The van der Waals surface area contributed by atoms with E-state index >= 15 is 0 Å². The third-order valence-corrected chi connectivity index (χ3v) is 0.865. The van der Waals surface area contributed by atoms with Gasteiger partial charge in [0.25, 0.3) is 0 Å². The molecule has 1 heterocycles. The van der Waals surface area contributed by atoms with E-state index in [1.165, 1.54) is 0 Å². The van der Waals surface area contributed by atoms with E-state index in [9.17, 15) is 0 Å². The lowest BCUT2D eigenvalue weighted by atomic mass is 10.5. The third-order valence-electron chi connectivity index (χ3n) is 0.865. The number of rotatable bonds is 0. The minimum absolute atomic E-state index is 0. The molecule has 1 rings (SSSR count). The molecule has 0 bridgehead atoms. The highest BCUT2D eigenvalue weighted by molar-refractivity contribution is 5.75. The van der Waals surface area contributed by atoms with Crippen molar-refractivity contribution in [1.29, 1.82) is 0 Å². The monoisotopic (exact) mass is 247 g/mol. The summed E-state index contributed by atoms with van der Waals surface area (Å²) in [5, 5.41) is 0. The molecule has 0 aliphatic rings. The molecular weight excluding hydrogens is 237 g/mol. The molecule has 0 amide bonds. The third kappa shape index (κ3) is 5.11. The molecule has 0 atom stereocenters. The van der Waals surface area contributed by atoms with Crippen LogP contribution in [0.5, 0.6) is 0 Å². The van der Waals surface area contributed by atoms with Gasteiger partial charge in [0.2, 0.25) is 0 Å². The Morgan fingerprint density at radius 1 is 1.00 bits per heavy atom. The molecule has 0 unspecified atom stereocenters. The van der Waals surface area contributed by atoms with Gasteiger partial charge in [-0.3, -0.25) is 0 Å². The van der Waals surface area contributed by atoms with Crippen molar-refractivity contribution in [2.45, 2.75) is 0 Å². The second kappa shape index (κ2) is 6.76. The van der Waals surface area contributed by atoms with Gasteiger partial charge in [0.1, 0.15) is 7.05 Å². The van der Waals surface area contributed by atoms with Gasteiger partial charge in [-0.2, -0.15) is 0 Å². The highest BCUT2D eigenvalue weighted by atomic mass is 127. The van der Waals surface area contributed by atoms with Crippen LogP contribution in [0.1, 0.15) is 0 Å². The van der Waals surface area contributed by atoms with Gasteiger partial charge in [-0.1, -0.05) is 6.07 Å². The fraction of sp³-hybridized carbons (Fsp3) is 0.167. The van der Waals surface area contributed by atoms with E-state index in [0.717, 1.165) is 0 Å².